The highest BCUT2D eigenvalue weighted by molar-refractivity contribution is 9.10. The van der Waals surface area contributed by atoms with Gasteiger partial charge < -0.3 is 9.32 Å². The van der Waals surface area contributed by atoms with E-state index in [-0.39, 0.29) is 5.56 Å². The maximum absolute atomic E-state index is 12.6. The van der Waals surface area contributed by atoms with Crippen molar-refractivity contribution in [3.05, 3.63) is 72.6 Å². The van der Waals surface area contributed by atoms with Gasteiger partial charge >= 0.3 is 0 Å². The lowest BCUT2D eigenvalue weighted by atomic mass is 10.3. The van der Waals surface area contributed by atoms with Crippen molar-refractivity contribution in [1.82, 2.24) is 4.57 Å². The van der Waals surface area contributed by atoms with Crippen LogP contribution in [0.15, 0.2) is 61.3 Å². The molecule has 0 saturated heterocycles. The van der Waals surface area contributed by atoms with Crippen LogP contribution in [0.3, 0.4) is 0 Å². The van der Waals surface area contributed by atoms with Crippen molar-refractivity contribution in [2.24, 2.45) is 4.99 Å². The number of thiazole rings is 1. The van der Waals surface area contributed by atoms with E-state index in [0.29, 0.717) is 23.6 Å². The Kier molecular flexibility index (Phi) is 3.66. The van der Waals surface area contributed by atoms with Gasteiger partial charge in [-0.3, -0.25) is 9.36 Å². The summed E-state index contributed by atoms with van der Waals surface area (Å²) in [5.74, 6) is 0.672. The minimum atomic E-state index is -0.0352. The molecule has 0 atom stereocenters. The first-order valence-electron chi connectivity index (χ1n) is 7.00. The predicted octanol–water partition coefficient (Wildman–Crippen LogP) is 2.15. The molecule has 23 heavy (non-hydrogen) atoms. The summed E-state index contributed by atoms with van der Waals surface area (Å²) in [7, 11) is 0. The summed E-state index contributed by atoms with van der Waals surface area (Å²) in [6.45, 7) is 1.05. The summed E-state index contributed by atoms with van der Waals surface area (Å²) in [5, 5.41) is 0. The third-order valence-corrected chi connectivity index (χ3v) is 5.16. The molecule has 0 bridgehead atoms. The van der Waals surface area contributed by atoms with Gasteiger partial charge in [0.1, 0.15) is 19.1 Å². The van der Waals surface area contributed by atoms with E-state index in [1.807, 2.05) is 30.3 Å². The zero-order valence-corrected chi connectivity index (χ0v) is 14.4. The molecule has 4 rings (SSSR count). The smallest absolute Gasteiger partial charge is 0.271 e. The van der Waals surface area contributed by atoms with Crippen LogP contribution in [-0.4, -0.2) is 11.2 Å². The summed E-state index contributed by atoms with van der Waals surface area (Å²) in [5.41, 5.74) is 1.00. The topological polar surface area (TPSA) is 50.7 Å². The zero-order valence-electron chi connectivity index (χ0n) is 12.0. The van der Waals surface area contributed by atoms with Gasteiger partial charge in [0.2, 0.25) is 0 Å². The molecule has 0 aliphatic carbocycles. The van der Waals surface area contributed by atoms with Gasteiger partial charge in [-0.05, 0) is 36.4 Å². The van der Waals surface area contributed by atoms with Crippen molar-refractivity contribution in [3.8, 4) is 0 Å². The minimum Gasteiger partial charge on any atom is -0.465 e. The Morgan fingerprint density at radius 2 is 2.09 bits per heavy atom. The maximum atomic E-state index is 12.6. The first-order chi connectivity index (χ1) is 11.2. The fourth-order valence-corrected chi connectivity index (χ4v) is 3.64. The zero-order chi connectivity index (χ0) is 15.8. The maximum Gasteiger partial charge on any atom is 0.271 e. The fraction of sp³-hybridized carbons (Fsp3) is 0.125. The van der Waals surface area contributed by atoms with Gasteiger partial charge in [0.15, 0.2) is 4.80 Å². The standard InChI is InChI=1S/C16H12BrN3O2S/c17-11-3-5-12(6-4-11)19-9-18-16-20(10-19)15(21)14(23-16)8-13-2-1-7-22-13/h1-8H,9-10H2. The Balaban J connectivity index is 1.72. The second kappa shape index (κ2) is 5.82. The number of furan rings is 1. The summed E-state index contributed by atoms with van der Waals surface area (Å²) in [4.78, 5) is 19.9. The largest absolute Gasteiger partial charge is 0.465 e. The van der Waals surface area contributed by atoms with Gasteiger partial charge in [0, 0.05) is 16.2 Å². The number of aromatic nitrogens is 1. The molecule has 1 aliphatic heterocycles. The summed E-state index contributed by atoms with van der Waals surface area (Å²) < 4.78 is 8.65. The predicted molar refractivity (Wildman–Crippen MR) is 93.1 cm³/mol. The molecule has 116 valence electrons. The van der Waals surface area contributed by atoms with Crippen molar-refractivity contribution < 1.29 is 4.42 Å². The van der Waals surface area contributed by atoms with Gasteiger partial charge in [0.25, 0.3) is 5.56 Å². The fourth-order valence-electron chi connectivity index (χ4n) is 2.43. The average molecular weight is 390 g/mol. The highest BCUT2D eigenvalue weighted by atomic mass is 79.9. The molecular formula is C16H12BrN3O2S. The lowest BCUT2D eigenvalue weighted by Gasteiger charge is -2.25. The van der Waals surface area contributed by atoms with E-state index in [1.165, 1.54) is 11.3 Å². The van der Waals surface area contributed by atoms with Crippen LogP contribution in [0.2, 0.25) is 0 Å². The molecule has 0 saturated carbocycles. The monoisotopic (exact) mass is 389 g/mol. The van der Waals surface area contributed by atoms with E-state index in [4.69, 9.17) is 4.42 Å². The van der Waals surface area contributed by atoms with E-state index in [2.05, 4.69) is 25.8 Å². The van der Waals surface area contributed by atoms with Gasteiger partial charge in [0.05, 0.1) is 10.8 Å². The van der Waals surface area contributed by atoms with Crippen LogP contribution in [0.25, 0.3) is 6.08 Å². The van der Waals surface area contributed by atoms with Crippen molar-refractivity contribution in [2.75, 3.05) is 11.6 Å². The SMILES string of the molecule is O=c1c(=Cc2ccco2)sc2n1CN(c1ccc(Br)cc1)CN=2. The number of hydrogen-bond donors (Lipinski definition) is 0. The number of nitrogens with zero attached hydrogens (tertiary/aromatic N) is 3. The first kappa shape index (κ1) is 14.5. The highest BCUT2D eigenvalue weighted by Crippen LogP contribution is 2.19. The molecule has 0 fully saturated rings. The second-order valence-corrected chi connectivity index (χ2v) is 7.02. The van der Waals surface area contributed by atoms with Crippen molar-refractivity contribution in [3.63, 3.8) is 0 Å². The Bertz CT molecular complexity index is 1000. The van der Waals surface area contributed by atoms with Gasteiger partial charge in [-0.15, -0.1) is 0 Å². The molecule has 3 aromatic rings. The molecule has 0 unspecified atom stereocenters. The normalized spacial score (nSPS) is 14.7. The first-order valence-corrected chi connectivity index (χ1v) is 8.61. The number of benzene rings is 1. The Morgan fingerprint density at radius 3 is 2.83 bits per heavy atom. The molecule has 0 amide bonds. The molecule has 1 aromatic carbocycles. The van der Waals surface area contributed by atoms with E-state index < -0.39 is 0 Å². The van der Waals surface area contributed by atoms with E-state index in [0.717, 1.165) is 15.0 Å². The Morgan fingerprint density at radius 1 is 1.26 bits per heavy atom. The third-order valence-electron chi connectivity index (χ3n) is 3.59. The van der Waals surface area contributed by atoms with Gasteiger partial charge in [-0.25, -0.2) is 4.99 Å². The van der Waals surface area contributed by atoms with Crippen LogP contribution < -0.4 is 19.8 Å². The van der Waals surface area contributed by atoms with Crippen molar-refractivity contribution in [1.29, 1.82) is 0 Å². The van der Waals surface area contributed by atoms with E-state index in [1.54, 1.807) is 23.0 Å². The molecule has 7 heteroatoms. The summed E-state index contributed by atoms with van der Waals surface area (Å²) >= 11 is 4.82. The second-order valence-electron chi connectivity index (χ2n) is 5.10. The van der Waals surface area contributed by atoms with Crippen LogP contribution in [0, 0.1) is 0 Å². The van der Waals surface area contributed by atoms with Crippen LogP contribution >= 0.6 is 27.3 Å². The molecule has 5 nitrogen and oxygen atoms in total. The van der Waals surface area contributed by atoms with E-state index >= 15 is 0 Å². The molecule has 0 spiro atoms. The Labute approximate surface area is 143 Å². The lowest BCUT2D eigenvalue weighted by Crippen LogP contribution is -2.42. The summed E-state index contributed by atoms with van der Waals surface area (Å²) in [6.07, 6.45) is 3.36. The van der Waals surface area contributed by atoms with Gasteiger partial charge in [-0.1, -0.05) is 27.3 Å². The number of rotatable bonds is 2. The molecule has 0 N–H and O–H groups in total. The third kappa shape index (κ3) is 2.77. The van der Waals surface area contributed by atoms with Crippen LogP contribution in [0.1, 0.15) is 5.76 Å². The van der Waals surface area contributed by atoms with Crippen molar-refractivity contribution in [2.45, 2.75) is 6.67 Å². The lowest BCUT2D eigenvalue weighted by molar-refractivity contribution is 0.556. The number of fused-ring (bicyclic) bond motifs is 1. The van der Waals surface area contributed by atoms with Crippen LogP contribution in [-0.2, 0) is 6.67 Å². The summed E-state index contributed by atoms with van der Waals surface area (Å²) in [6, 6.07) is 11.6. The quantitative estimate of drug-likeness (QED) is 0.674. The number of hydrogen-bond acceptors (Lipinski definition) is 5. The van der Waals surface area contributed by atoms with Crippen LogP contribution in [0.4, 0.5) is 5.69 Å². The minimum absolute atomic E-state index is 0.0352. The molecule has 0 radical (unpaired) electrons. The van der Waals surface area contributed by atoms with E-state index in [9.17, 15) is 4.79 Å². The molecular weight excluding hydrogens is 378 g/mol. The van der Waals surface area contributed by atoms with Crippen molar-refractivity contribution >= 4 is 39.0 Å². The molecule has 2 aromatic heterocycles. The van der Waals surface area contributed by atoms with Crippen LogP contribution in [0.5, 0.6) is 0 Å². The Hall–Kier alpha value is -2.12. The average Bonchev–Trinajstić information content (AvgIpc) is 3.17. The molecule has 3 heterocycles. The number of halogens is 1. The van der Waals surface area contributed by atoms with Gasteiger partial charge in [-0.2, -0.15) is 0 Å². The number of anilines is 1. The highest BCUT2D eigenvalue weighted by Gasteiger charge is 2.15. The molecule has 1 aliphatic rings.